The molecule has 2 amide bonds. The Morgan fingerprint density at radius 3 is 2.17 bits per heavy atom. The number of amides is 2. The predicted octanol–water partition coefficient (Wildman–Crippen LogP) is 1.65. The lowest BCUT2D eigenvalue weighted by Crippen LogP contribution is -2.38. The third-order valence-electron chi connectivity index (χ3n) is 3.17. The molecule has 0 aliphatic carbocycles. The van der Waals surface area contributed by atoms with Gasteiger partial charge in [-0.2, -0.15) is 0 Å². The lowest BCUT2D eigenvalue weighted by atomic mass is 10.1. The number of hydrogen-bond acceptors (Lipinski definition) is 3. The van der Waals surface area contributed by atoms with Crippen LogP contribution in [-0.4, -0.2) is 28.4 Å². The summed E-state index contributed by atoms with van der Waals surface area (Å²) in [5.41, 5.74) is 0.724. The number of rotatable bonds is 3. The Labute approximate surface area is 106 Å². The molecule has 4 nitrogen and oxygen atoms in total. The molecule has 1 unspecified atom stereocenters. The van der Waals surface area contributed by atoms with Gasteiger partial charge in [0.15, 0.2) is 0 Å². The average Bonchev–Trinajstić information content (AvgIpc) is 2.55. The van der Waals surface area contributed by atoms with Crippen molar-refractivity contribution in [3.05, 3.63) is 35.9 Å². The fourth-order valence-corrected chi connectivity index (χ4v) is 2.12. The van der Waals surface area contributed by atoms with Gasteiger partial charge in [0, 0.05) is 12.8 Å². The standard InChI is InChI=1S/C14H17NO3/c16-12(11-6-2-1-3-7-11)10-15-13(17)8-4-5-9-14(15)18/h1-3,6-7,12,16H,4-5,8-10H2. The van der Waals surface area contributed by atoms with E-state index in [4.69, 9.17) is 0 Å². The Morgan fingerprint density at radius 2 is 1.61 bits per heavy atom. The molecule has 0 aromatic heterocycles. The Kier molecular flexibility index (Phi) is 4.10. The van der Waals surface area contributed by atoms with Gasteiger partial charge in [-0.1, -0.05) is 30.3 Å². The van der Waals surface area contributed by atoms with Crippen molar-refractivity contribution in [3.8, 4) is 0 Å². The smallest absolute Gasteiger partial charge is 0.229 e. The maximum Gasteiger partial charge on any atom is 0.229 e. The van der Waals surface area contributed by atoms with Crippen molar-refractivity contribution >= 4 is 11.8 Å². The summed E-state index contributed by atoms with van der Waals surface area (Å²) in [5, 5.41) is 10.1. The summed E-state index contributed by atoms with van der Waals surface area (Å²) >= 11 is 0. The molecule has 1 aliphatic rings. The Bertz CT molecular complexity index is 412. The van der Waals surface area contributed by atoms with Crippen LogP contribution in [0.1, 0.15) is 37.4 Å². The van der Waals surface area contributed by atoms with Crippen LogP contribution in [0.5, 0.6) is 0 Å². The molecule has 1 aromatic rings. The molecule has 18 heavy (non-hydrogen) atoms. The normalized spacial score (nSPS) is 18.6. The van der Waals surface area contributed by atoms with Gasteiger partial charge in [0.1, 0.15) is 0 Å². The van der Waals surface area contributed by atoms with Crippen LogP contribution in [0.4, 0.5) is 0 Å². The summed E-state index contributed by atoms with van der Waals surface area (Å²) in [7, 11) is 0. The number of likely N-dealkylation sites (tertiary alicyclic amines) is 1. The fraction of sp³-hybridized carbons (Fsp3) is 0.429. The first kappa shape index (κ1) is 12.8. The molecule has 1 fully saturated rings. The lowest BCUT2D eigenvalue weighted by Gasteiger charge is -2.22. The maximum absolute atomic E-state index is 11.8. The number of β-amino-alcohol motifs (C(OH)–C–C–N with tert-alkyl or cyclic N) is 1. The zero-order valence-corrected chi connectivity index (χ0v) is 10.2. The lowest BCUT2D eigenvalue weighted by molar-refractivity contribution is -0.145. The molecule has 0 saturated carbocycles. The molecule has 1 aromatic carbocycles. The zero-order chi connectivity index (χ0) is 13.0. The first-order chi connectivity index (χ1) is 8.68. The minimum absolute atomic E-state index is 0.0572. The SMILES string of the molecule is O=C1CCCCC(=O)N1CC(O)c1ccccc1. The van der Waals surface area contributed by atoms with Crippen molar-refractivity contribution in [2.45, 2.75) is 31.8 Å². The summed E-state index contributed by atoms with van der Waals surface area (Å²) in [4.78, 5) is 24.8. The molecule has 1 heterocycles. The highest BCUT2D eigenvalue weighted by Gasteiger charge is 2.26. The van der Waals surface area contributed by atoms with Gasteiger partial charge in [-0.25, -0.2) is 0 Å². The van der Waals surface area contributed by atoms with Crippen LogP contribution < -0.4 is 0 Å². The molecular weight excluding hydrogens is 230 g/mol. The highest BCUT2D eigenvalue weighted by molar-refractivity contribution is 5.96. The Morgan fingerprint density at radius 1 is 1.06 bits per heavy atom. The van der Waals surface area contributed by atoms with Crippen LogP contribution in [0.15, 0.2) is 30.3 Å². The molecule has 1 aliphatic heterocycles. The zero-order valence-electron chi connectivity index (χ0n) is 10.2. The summed E-state index contributed by atoms with van der Waals surface area (Å²) in [6.45, 7) is 0.0572. The number of carbonyl (C=O) groups excluding carboxylic acids is 2. The predicted molar refractivity (Wildman–Crippen MR) is 66.6 cm³/mol. The van der Waals surface area contributed by atoms with E-state index in [-0.39, 0.29) is 18.4 Å². The molecule has 4 heteroatoms. The van der Waals surface area contributed by atoms with E-state index in [9.17, 15) is 14.7 Å². The van der Waals surface area contributed by atoms with Gasteiger partial charge in [0.25, 0.3) is 0 Å². The van der Waals surface area contributed by atoms with Gasteiger partial charge < -0.3 is 5.11 Å². The number of benzene rings is 1. The van der Waals surface area contributed by atoms with Crippen LogP contribution in [0.25, 0.3) is 0 Å². The second kappa shape index (κ2) is 5.78. The second-order valence-electron chi connectivity index (χ2n) is 4.53. The summed E-state index contributed by atoms with van der Waals surface area (Å²) in [6, 6.07) is 9.09. The van der Waals surface area contributed by atoms with Gasteiger partial charge in [0.2, 0.25) is 11.8 Å². The van der Waals surface area contributed by atoms with Crippen LogP contribution >= 0.6 is 0 Å². The summed E-state index contributed by atoms with van der Waals surface area (Å²) in [5.74, 6) is -0.347. The van der Waals surface area contributed by atoms with Gasteiger partial charge in [-0.05, 0) is 18.4 Å². The molecule has 1 saturated heterocycles. The highest BCUT2D eigenvalue weighted by Crippen LogP contribution is 2.18. The summed E-state index contributed by atoms with van der Waals surface area (Å²) < 4.78 is 0. The fourth-order valence-electron chi connectivity index (χ4n) is 2.12. The van der Waals surface area contributed by atoms with Gasteiger partial charge in [-0.3, -0.25) is 14.5 Å². The molecule has 2 rings (SSSR count). The summed E-state index contributed by atoms with van der Waals surface area (Å²) in [6.07, 6.45) is 1.49. The van der Waals surface area contributed by atoms with Crippen molar-refractivity contribution in [2.75, 3.05) is 6.54 Å². The monoisotopic (exact) mass is 247 g/mol. The first-order valence-corrected chi connectivity index (χ1v) is 6.24. The number of aliphatic hydroxyl groups is 1. The highest BCUT2D eigenvalue weighted by atomic mass is 16.3. The number of hydrogen-bond donors (Lipinski definition) is 1. The van der Waals surface area contributed by atoms with E-state index in [0.29, 0.717) is 12.8 Å². The van der Waals surface area contributed by atoms with E-state index >= 15 is 0 Å². The van der Waals surface area contributed by atoms with Gasteiger partial charge in [0.05, 0.1) is 12.6 Å². The molecule has 96 valence electrons. The Hall–Kier alpha value is -1.68. The van der Waals surface area contributed by atoms with Gasteiger partial charge in [-0.15, -0.1) is 0 Å². The molecule has 0 radical (unpaired) electrons. The van der Waals surface area contributed by atoms with Crippen LogP contribution in [0, 0.1) is 0 Å². The number of carbonyl (C=O) groups is 2. The maximum atomic E-state index is 11.8. The second-order valence-corrected chi connectivity index (χ2v) is 4.53. The van der Waals surface area contributed by atoms with Gasteiger partial charge >= 0.3 is 0 Å². The number of imide groups is 1. The van der Waals surface area contributed by atoms with Crippen LogP contribution in [0.2, 0.25) is 0 Å². The van der Waals surface area contributed by atoms with E-state index < -0.39 is 6.10 Å². The average molecular weight is 247 g/mol. The van der Waals surface area contributed by atoms with Crippen molar-refractivity contribution in [3.63, 3.8) is 0 Å². The van der Waals surface area contributed by atoms with E-state index in [1.54, 1.807) is 12.1 Å². The van der Waals surface area contributed by atoms with Crippen LogP contribution in [-0.2, 0) is 9.59 Å². The van der Waals surface area contributed by atoms with Crippen LogP contribution in [0.3, 0.4) is 0 Å². The van der Waals surface area contributed by atoms with Crippen molar-refractivity contribution < 1.29 is 14.7 Å². The van der Waals surface area contributed by atoms with Crippen molar-refractivity contribution in [1.29, 1.82) is 0 Å². The number of aliphatic hydroxyl groups excluding tert-OH is 1. The minimum atomic E-state index is -0.808. The minimum Gasteiger partial charge on any atom is -0.387 e. The molecular formula is C14H17NO3. The molecule has 1 N–H and O–H groups in total. The molecule has 0 bridgehead atoms. The quantitative estimate of drug-likeness (QED) is 0.826. The van der Waals surface area contributed by atoms with E-state index in [1.165, 1.54) is 4.90 Å². The molecule has 0 spiro atoms. The van der Waals surface area contributed by atoms with Crippen molar-refractivity contribution in [2.24, 2.45) is 0 Å². The largest absolute Gasteiger partial charge is 0.387 e. The van der Waals surface area contributed by atoms with E-state index in [2.05, 4.69) is 0 Å². The number of nitrogens with zero attached hydrogens (tertiary/aromatic N) is 1. The third kappa shape index (κ3) is 2.96. The third-order valence-corrected chi connectivity index (χ3v) is 3.17. The first-order valence-electron chi connectivity index (χ1n) is 6.24. The van der Waals surface area contributed by atoms with Crippen molar-refractivity contribution in [1.82, 2.24) is 4.90 Å². The molecule has 1 atom stereocenters. The Balaban J connectivity index is 2.07. The van der Waals surface area contributed by atoms with E-state index in [0.717, 1.165) is 18.4 Å². The topological polar surface area (TPSA) is 57.6 Å². The van der Waals surface area contributed by atoms with E-state index in [1.807, 2.05) is 18.2 Å².